The molecule has 0 aliphatic rings. The van der Waals surface area contributed by atoms with E-state index in [2.05, 4.69) is 18.6 Å². The number of hydrogen-bond donors (Lipinski definition) is 0. The summed E-state index contributed by atoms with van der Waals surface area (Å²) in [7, 11) is 0. The van der Waals surface area contributed by atoms with Crippen molar-refractivity contribution in [1.29, 1.82) is 0 Å². The Labute approximate surface area is 546 Å². The molecule has 0 aromatic heterocycles. The maximum absolute atomic E-state index is 13.4. The Balaban J connectivity index is 0.000000397. The first-order chi connectivity index (χ1) is 44.2. The van der Waals surface area contributed by atoms with E-state index in [1.54, 1.807) is 109 Å². The molecule has 0 bridgehead atoms. The lowest BCUT2D eigenvalue weighted by molar-refractivity contribution is -0.440. The van der Waals surface area contributed by atoms with Crippen molar-refractivity contribution < 1.29 is 119 Å². The van der Waals surface area contributed by atoms with E-state index < -0.39 is 78.1 Å². The second-order valence-corrected chi connectivity index (χ2v) is 23.7. The Morgan fingerprint density at radius 2 is 0.750 bits per heavy atom. The summed E-state index contributed by atoms with van der Waals surface area (Å²) in [5.41, 5.74) is 4.92. The van der Waals surface area contributed by atoms with Gasteiger partial charge in [-0.05, 0) is 193 Å². The lowest BCUT2D eigenvalue weighted by Gasteiger charge is -2.39. The van der Waals surface area contributed by atoms with Crippen LogP contribution in [0.2, 0.25) is 0 Å². The zero-order chi connectivity index (χ0) is 72.7. The van der Waals surface area contributed by atoms with Crippen LogP contribution >= 0.6 is 0 Å². The quantitative estimate of drug-likeness (QED) is 0.0175. The van der Waals surface area contributed by atoms with Crippen molar-refractivity contribution >= 4 is 35.4 Å². The number of carbonyl (C=O) groups excluding carboxylic acids is 6. The van der Waals surface area contributed by atoms with E-state index in [1.807, 2.05) is 72.7 Å². The van der Waals surface area contributed by atoms with Crippen LogP contribution in [0.4, 0.5) is 57.1 Å². The molecule has 0 saturated carbocycles. The van der Waals surface area contributed by atoms with Gasteiger partial charge in [0.25, 0.3) is 0 Å². The summed E-state index contributed by atoms with van der Waals surface area (Å²) >= 11 is 0. The molecule has 0 spiro atoms. The zero-order valence-electron chi connectivity index (χ0n) is 54.6. The number of ketones is 2. The van der Waals surface area contributed by atoms with Crippen LogP contribution in [0, 0.1) is 25.7 Å². The molecule has 522 valence electrons. The van der Waals surface area contributed by atoms with Gasteiger partial charge in [0.1, 0.15) is 34.5 Å². The van der Waals surface area contributed by atoms with Crippen LogP contribution in [0.3, 0.4) is 0 Å². The molecule has 0 N–H and O–H groups in total. The van der Waals surface area contributed by atoms with E-state index in [0.29, 0.717) is 56.8 Å². The number of hydrogen-bond acceptors (Lipinski definition) is 13. The maximum Gasteiger partial charge on any atom is 0.460 e. The molecule has 2 unspecified atom stereocenters. The lowest BCUT2D eigenvalue weighted by Crippen LogP contribution is -2.70. The SMILES string of the molecule is CC(=O)c1ccc(Oc2ccc(C(=O)Oc3ccc(C(C)(C)c4ccc(OC(=O)c5ccc(Oc6ccc(C(C)=O)cc6)cc5)c(C)c4)cc3C)cc2)cc1.CCC(C)C(=O)OCCC(F)(F)C(F)(F)C(F)(F)C(F)(F)C(F)(F)C(F)(F)F.CCC(C)C(=O)OCOC(C)(C)C. The van der Waals surface area contributed by atoms with Gasteiger partial charge in [-0.2, -0.15) is 57.1 Å². The van der Waals surface area contributed by atoms with E-state index in [1.165, 1.54) is 27.7 Å². The molecular formula is C70H73F13O13. The largest absolute Gasteiger partial charge is 0.465 e. The van der Waals surface area contributed by atoms with Crippen molar-refractivity contribution in [1.82, 2.24) is 0 Å². The molecule has 13 nitrogen and oxygen atoms in total. The highest BCUT2D eigenvalue weighted by molar-refractivity contribution is 5.95. The van der Waals surface area contributed by atoms with Gasteiger partial charge in [0.15, 0.2) is 18.4 Å². The number of halogens is 13. The van der Waals surface area contributed by atoms with E-state index in [0.717, 1.165) is 28.7 Å². The predicted octanol–water partition coefficient (Wildman–Crippen LogP) is 19.1. The summed E-state index contributed by atoms with van der Waals surface area (Å²) in [4.78, 5) is 71.4. The molecule has 96 heavy (non-hydrogen) atoms. The van der Waals surface area contributed by atoms with Gasteiger partial charge in [-0.1, -0.05) is 65.8 Å². The van der Waals surface area contributed by atoms with Gasteiger partial charge in [0.2, 0.25) is 0 Å². The van der Waals surface area contributed by atoms with Gasteiger partial charge in [-0.15, -0.1) is 0 Å². The summed E-state index contributed by atoms with van der Waals surface area (Å²) in [6.07, 6.45) is -9.11. The normalized spacial score (nSPS) is 12.9. The third-order valence-corrected chi connectivity index (χ3v) is 14.8. The number of Topliss-reactive ketones (excluding diaryl/α,β-unsaturated/α-hetero) is 2. The van der Waals surface area contributed by atoms with Gasteiger partial charge in [0.05, 0.1) is 41.6 Å². The molecule has 0 saturated heterocycles. The molecule has 0 amide bonds. The minimum atomic E-state index is -7.93. The first-order valence-electron chi connectivity index (χ1n) is 29.6. The highest BCUT2D eigenvalue weighted by Gasteiger charge is 2.90. The standard InChI is InChI=1S/C47H40O8.C13H13F13O2.C10H20O3/c1-29-27-37(15-25-43(29)54-45(50)35-11-21-41(22-12-35)52-39-17-7-33(8-18-39)31(3)48)47(5,6)38-16-26-44(30(2)28-38)55-46(51)36-13-23-42(24-14-36)53-40-19-9-34(10-20-40)32(4)49;1-3-6(2)7(27)28-5-4-8(14,15)9(16,17)10(18,19)11(20,21)12(22,23)13(24,25)26;1-6-8(2)9(11)12-7-13-10(3,4)5/h7-28H,1-6H3;6H,3-5H2,1-2H3;8H,6-7H2,1-5H3. The topological polar surface area (TPSA) is 167 Å². The fourth-order valence-electron chi connectivity index (χ4n) is 8.02. The Bertz CT molecular complexity index is 3470. The van der Waals surface area contributed by atoms with Crippen LogP contribution in [-0.2, 0) is 29.2 Å². The van der Waals surface area contributed by atoms with Crippen LogP contribution in [0.15, 0.2) is 133 Å². The molecular weight excluding hydrogens is 1300 g/mol. The molecule has 0 fully saturated rings. The number of rotatable bonds is 25. The third kappa shape index (κ3) is 20.4. The van der Waals surface area contributed by atoms with Crippen molar-refractivity contribution in [3.63, 3.8) is 0 Å². The molecule has 0 aliphatic carbocycles. The molecule has 0 heterocycles. The Hall–Kier alpha value is -8.81. The van der Waals surface area contributed by atoms with Gasteiger partial charge < -0.3 is 33.2 Å². The fourth-order valence-corrected chi connectivity index (χ4v) is 8.02. The van der Waals surface area contributed by atoms with Crippen LogP contribution in [0.5, 0.6) is 34.5 Å². The highest BCUT2D eigenvalue weighted by Crippen LogP contribution is 2.60. The van der Waals surface area contributed by atoms with Crippen molar-refractivity contribution in [2.45, 2.75) is 156 Å². The van der Waals surface area contributed by atoms with E-state index >= 15 is 0 Å². The summed E-state index contributed by atoms with van der Waals surface area (Å²) in [5, 5.41) is 0. The summed E-state index contributed by atoms with van der Waals surface area (Å²) in [6.45, 7) is 21.5. The lowest BCUT2D eigenvalue weighted by atomic mass is 9.77. The summed E-state index contributed by atoms with van der Waals surface area (Å²) < 4.78 is 204. The van der Waals surface area contributed by atoms with E-state index in [4.69, 9.17) is 28.4 Å². The monoisotopic (exact) mass is 1370 g/mol. The third-order valence-electron chi connectivity index (χ3n) is 14.8. The van der Waals surface area contributed by atoms with E-state index in [9.17, 15) is 85.8 Å². The molecule has 6 rings (SSSR count). The molecule has 2 atom stereocenters. The van der Waals surface area contributed by atoms with Crippen molar-refractivity contribution in [3.05, 3.63) is 178 Å². The Morgan fingerprint density at radius 3 is 1.05 bits per heavy atom. The molecule has 6 aromatic carbocycles. The number of carbonyl (C=O) groups is 6. The number of aryl methyl sites for hydroxylation is 2. The highest BCUT2D eigenvalue weighted by atomic mass is 19.4. The smallest absolute Gasteiger partial charge is 0.460 e. The molecule has 0 aliphatic heterocycles. The second kappa shape index (κ2) is 32.3. The van der Waals surface area contributed by atoms with Crippen LogP contribution in [-0.4, -0.2) is 90.2 Å². The second-order valence-electron chi connectivity index (χ2n) is 23.7. The van der Waals surface area contributed by atoms with Crippen molar-refractivity contribution in [2.75, 3.05) is 13.4 Å². The van der Waals surface area contributed by atoms with Crippen LogP contribution in [0.1, 0.15) is 159 Å². The van der Waals surface area contributed by atoms with Crippen LogP contribution < -0.4 is 18.9 Å². The minimum absolute atomic E-state index is 0.0191. The number of esters is 4. The first-order valence-corrected chi connectivity index (χ1v) is 29.6. The molecule has 0 radical (unpaired) electrons. The maximum atomic E-state index is 13.4. The molecule has 26 heteroatoms. The Kier molecular flexibility index (Phi) is 26.8. The average Bonchev–Trinajstić information content (AvgIpc) is 0.713. The van der Waals surface area contributed by atoms with Crippen molar-refractivity contribution in [2.24, 2.45) is 11.8 Å². The van der Waals surface area contributed by atoms with Gasteiger partial charge >= 0.3 is 59.7 Å². The van der Waals surface area contributed by atoms with Crippen molar-refractivity contribution in [3.8, 4) is 34.5 Å². The van der Waals surface area contributed by atoms with Crippen LogP contribution in [0.25, 0.3) is 0 Å². The van der Waals surface area contributed by atoms with Gasteiger partial charge in [0, 0.05) is 16.5 Å². The van der Waals surface area contributed by atoms with Gasteiger partial charge in [-0.25, -0.2) is 9.59 Å². The number of benzene rings is 6. The Morgan fingerprint density at radius 1 is 0.427 bits per heavy atom. The minimum Gasteiger partial charge on any atom is -0.465 e. The van der Waals surface area contributed by atoms with Gasteiger partial charge in [-0.3, -0.25) is 19.2 Å². The fraction of sp³-hybridized carbons (Fsp3) is 0.400. The predicted molar refractivity (Wildman–Crippen MR) is 327 cm³/mol. The average molecular weight is 1370 g/mol. The summed E-state index contributed by atoms with van der Waals surface area (Å²) in [5.74, 6) is -37.4. The summed E-state index contributed by atoms with van der Waals surface area (Å²) in [6, 6.07) is 38.6. The van der Waals surface area contributed by atoms with E-state index in [-0.39, 0.29) is 42.3 Å². The number of ether oxygens (including phenoxy) is 7. The first kappa shape index (κ1) is 79.6. The molecule has 6 aromatic rings. The number of alkyl halides is 13. The zero-order valence-corrected chi connectivity index (χ0v) is 54.6.